The van der Waals surface area contributed by atoms with Crippen molar-refractivity contribution in [3.05, 3.63) is 145 Å². The summed E-state index contributed by atoms with van der Waals surface area (Å²) < 4.78 is 0. The zero-order valence-corrected chi connectivity index (χ0v) is 19.5. The molecular formula is C33H26N2. The van der Waals surface area contributed by atoms with Gasteiger partial charge in [-0.2, -0.15) is 0 Å². The fourth-order valence-corrected chi connectivity index (χ4v) is 4.22. The maximum absolute atomic E-state index is 4.79. The molecule has 0 saturated carbocycles. The summed E-state index contributed by atoms with van der Waals surface area (Å²) in [7, 11) is 0. The summed E-state index contributed by atoms with van der Waals surface area (Å²) in [6.45, 7) is 4.26. The quantitative estimate of drug-likeness (QED) is 0.183. The SMILES string of the molecule is C=N/C(=N\Cc1cc(-c2ccccc2)cc(-c2ccc(-c3ccccc3)cc2)c1)c1ccccc1. The Morgan fingerprint density at radius 2 is 0.914 bits per heavy atom. The van der Waals surface area contributed by atoms with E-state index in [1.54, 1.807) is 0 Å². The van der Waals surface area contributed by atoms with E-state index >= 15 is 0 Å². The van der Waals surface area contributed by atoms with Crippen molar-refractivity contribution in [3.63, 3.8) is 0 Å². The molecule has 0 radical (unpaired) electrons. The van der Waals surface area contributed by atoms with Crippen molar-refractivity contribution in [2.75, 3.05) is 0 Å². The predicted octanol–water partition coefficient (Wildman–Crippen LogP) is 8.34. The van der Waals surface area contributed by atoms with Gasteiger partial charge in [0, 0.05) is 5.56 Å². The van der Waals surface area contributed by atoms with Gasteiger partial charge in [-0.15, -0.1) is 0 Å². The van der Waals surface area contributed by atoms with Crippen LogP contribution in [0.4, 0.5) is 0 Å². The molecule has 0 N–H and O–H groups in total. The monoisotopic (exact) mass is 450 g/mol. The van der Waals surface area contributed by atoms with Crippen LogP contribution < -0.4 is 0 Å². The third-order valence-electron chi connectivity index (χ3n) is 6.02. The normalized spacial score (nSPS) is 11.3. The summed E-state index contributed by atoms with van der Waals surface area (Å²) in [5.41, 5.74) is 9.24. The Balaban J connectivity index is 1.52. The van der Waals surface area contributed by atoms with E-state index in [-0.39, 0.29) is 0 Å². The summed E-state index contributed by atoms with van der Waals surface area (Å²) in [6, 6.07) is 46.4. The molecule has 168 valence electrons. The van der Waals surface area contributed by atoms with Gasteiger partial charge in [0.1, 0.15) is 0 Å². The Labute approximate surface area is 207 Å². The Morgan fingerprint density at radius 3 is 1.43 bits per heavy atom. The van der Waals surface area contributed by atoms with Crippen molar-refractivity contribution in [1.82, 2.24) is 0 Å². The largest absolute Gasteiger partial charge is 0.261 e. The van der Waals surface area contributed by atoms with Gasteiger partial charge >= 0.3 is 0 Å². The van der Waals surface area contributed by atoms with Gasteiger partial charge in [0.2, 0.25) is 0 Å². The minimum Gasteiger partial charge on any atom is -0.261 e. The van der Waals surface area contributed by atoms with E-state index in [9.17, 15) is 0 Å². The summed E-state index contributed by atoms with van der Waals surface area (Å²) in [6.07, 6.45) is 0. The van der Waals surface area contributed by atoms with Gasteiger partial charge < -0.3 is 0 Å². The maximum Gasteiger partial charge on any atom is 0.154 e. The number of hydrogen-bond acceptors (Lipinski definition) is 1. The van der Waals surface area contributed by atoms with Crippen LogP contribution in [0.5, 0.6) is 0 Å². The molecule has 2 nitrogen and oxygen atoms in total. The lowest BCUT2D eigenvalue weighted by Gasteiger charge is -2.11. The molecule has 0 aliphatic heterocycles. The molecule has 0 fully saturated rings. The molecule has 0 aliphatic carbocycles. The molecule has 0 atom stereocenters. The number of hydrogen-bond donors (Lipinski definition) is 0. The second-order valence-electron chi connectivity index (χ2n) is 8.39. The van der Waals surface area contributed by atoms with Gasteiger partial charge in [-0.1, -0.05) is 115 Å². The van der Waals surface area contributed by atoms with Gasteiger partial charge in [0.25, 0.3) is 0 Å². The van der Waals surface area contributed by atoms with E-state index in [1.165, 1.54) is 33.4 Å². The highest BCUT2D eigenvalue weighted by Gasteiger charge is 2.07. The third kappa shape index (κ3) is 5.34. The van der Waals surface area contributed by atoms with Gasteiger partial charge in [-0.05, 0) is 63.9 Å². The lowest BCUT2D eigenvalue weighted by molar-refractivity contribution is 1.06. The Bertz CT molecular complexity index is 1440. The van der Waals surface area contributed by atoms with E-state index < -0.39 is 0 Å². The predicted molar refractivity (Wildman–Crippen MR) is 149 cm³/mol. The average molecular weight is 451 g/mol. The molecule has 5 aromatic rings. The van der Waals surface area contributed by atoms with Gasteiger partial charge in [0.05, 0.1) is 6.54 Å². The Hall–Kier alpha value is -4.56. The highest BCUT2D eigenvalue weighted by Crippen LogP contribution is 2.30. The number of benzene rings is 5. The smallest absolute Gasteiger partial charge is 0.154 e. The second kappa shape index (κ2) is 10.6. The highest BCUT2D eigenvalue weighted by atomic mass is 14.9. The van der Waals surface area contributed by atoms with Crippen LogP contribution in [0.1, 0.15) is 11.1 Å². The first-order valence-corrected chi connectivity index (χ1v) is 11.7. The van der Waals surface area contributed by atoms with Crippen molar-refractivity contribution in [1.29, 1.82) is 0 Å². The lowest BCUT2D eigenvalue weighted by atomic mass is 9.95. The molecule has 0 amide bonds. The second-order valence-corrected chi connectivity index (χ2v) is 8.39. The Morgan fingerprint density at radius 1 is 0.486 bits per heavy atom. The topological polar surface area (TPSA) is 24.7 Å². The average Bonchev–Trinajstić information content (AvgIpc) is 2.95. The summed E-state index contributed by atoms with van der Waals surface area (Å²) in [5, 5.41) is 0. The molecule has 0 heterocycles. The summed E-state index contributed by atoms with van der Waals surface area (Å²) >= 11 is 0. The van der Waals surface area contributed by atoms with Crippen LogP contribution in [0, 0.1) is 0 Å². The van der Waals surface area contributed by atoms with E-state index in [0.29, 0.717) is 12.4 Å². The molecule has 0 spiro atoms. The lowest BCUT2D eigenvalue weighted by Crippen LogP contribution is -1.98. The summed E-state index contributed by atoms with van der Waals surface area (Å²) in [4.78, 5) is 8.97. The van der Waals surface area contributed by atoms with Gasteiger partial charge in [0.15, 0.2) is 5.84 Å². The first-order chi connectivity index (χ1) is 17.3. The van der Waals surface area contributed by atoms with Gasteiger partial charge in [-0.25, -0.2) is 4.99 Å². The van der Waals surface area contributed by atoms with Crippen LogP contribution in [-0.2, 0) is 6.54 Å². The fraction of sp³-hybridized carbons (Fsp3) is 0.0303. The van der Waals surface area contributed by atoms with Crippen LogP contribution in [0.3, 0.4) is 0 Å². The molecule has 2 heteroatoms. The molecule has 0 aromatic heterocycles. The van der Waals surface area contributed by atoms with Crippen LogP contribution in [0.25, 0.3) is 33.4 Å². The van der Waals surface area contributed by atoms with Crippen molar-refractivity contribution in [2.45, 2.75) is 6.54 Å². The van der Waals surface area contributed by atoms with Crippen molar-refractivity contribution < 1.29 is 0 Å². The fourth-order valence-electron chi connectivity index (χ4n) is 4.22. The number of nitrogens with zero attached hydrogens (tertiary/aromatic N) is 2. The van der Waals surface area contributed by atoms with E-state index in [1.807, 2.05) is 42.5 Å². The standard InChI is InChI=1S/C33H26N2/c1-34-33(30-15-9-4-10-16-30)35-24-25-21-31(27-13-7-3-8-14-27)23-32(22-25)29-19-17-28(18-20-29)26-11-5-2-6-12-26/h2-23H,1,24H2/b35-33-. The van der Waals surface area contributed by atoms with Crippen molar-refractivity contribution >= 4 is 12.6 Å². The van der Waals surface area contributed by atoms with E-state index in [2.05, 4.69) is 103 Å². The Kier molecular flexibility index (Phi) is 6.72. The first-order valence-electron chi connectivity index (χ1n) is 11.7. The maximum atomic E-state index is 4.79. The molecular weight excluding hydrogens is 424 g/mol. The zero-order valence-electron chi connectivity index (χ0n) is 19.5. The molecule has 0 bridgehead atoms. The minimum absolute atomic E-state index is 0.527. The molecule has 5 aromatic carbocycles. The summed E-state index contributed by atoms with van der Waals surface area (Å²) in [5.74, 6) is 0.657. The van der Waals surface area contributed by atoms with Crippen LogP contribution in [-0.4, -0.2) is 12.6 Å². The van der Waals surface area contributed by atoms with Crippen molar-refractivity contribution in [3.8, 4) is 33.4 Å². The highest BCUT2D eigenvalue weighted by molar-refractivity contribution is 6.01. The van der Waals surface area contributed by atoms with Gasteiger partial charge in [-0.3, -0.25) is 4.99 Å². The molecule has 0 unspecified atom stereocenters. The number of amidine groups is 1. The zero-order chi connectivity index (χ0) is 23.9. The molecule has 5 rings (SSSR count). The van der Waals surface area contributed by atoms with E-state index in [4.69, 9.17) is 4.99 Å². The van der Waals surface area contributed by atoms with Crippen LogP contribution >= 0.6 is 0 Å². The first kappa shape index (κ1) is 22.2. The third-order valence-corrected chi connectivity index (χ3v) is 6.02. The van der Waals surface area contributed by atoms with E-state index in [0.717, 1.165) is 11.1 Å². The molecule has 0 aliphatic rings. The van der Waals surface area contributed by atoms with Crippen LogP contribution in [0.2, 0.25) is 0 Å². The number of rotatable bonds is 6. The van der Waals surface area contributed by atoms with Crippen molar-refractivity contribution in [2.24, 2.45) is 9.98 Å². The van der Waals surface area contributed by atoms with Crippen LogP contribution in [0.15, 0.2) is 143 Å². The minimum atomic E-state index is 0.527. The molecule has 35 heavy (non-hydrogen) atoms. The molecule has 0 saturated heterocycles. The number of aliphatic imine (C=N–C) groups is 2.